The van der Waals surface area contributed by atoms with Gasteiger partial charge in [-0.15, -0.1) is 0 Å². The van der Waals surface area contributed by atoms with E-state index in [2.05, 4.69) is 58.1 Å². The average Bonchev–Trinajstić information content (AvgIpc) is 2.43. The lowest BCUT2D eigenvalue weighted by atomic mass is 9.98. The number of rotatable bonds is 10. The standard InChI is InChI=1S/C19H33NO/c1-6-7-8-9-17(5)20-12-13-21-18-10-11-19(15(2)3)16(4)14-18/h10-11,14-15,17,20H,6-9,12-13H2,1-5H3. The van der Waals surface area contributed by atoms with Crippen LogP contribution in [0.5, 0.6) is 5.75 Å². The van der Waals surface area contributed by atoms with Gasteiger partial charge in [0.15, 0.2) is 0 Å². The second-order valence-electron chi connectivity index (χ2n) is 6.37. The van der Waals surface area contributed by atoms with Crippen molar-refractivity contribution in [3.63, 3.8) is 0 Å². The maximum absolute atomic E-state index is 5.84. The Bertz CT molecular complexity index is 401. The first-order valence-corrected chi connectivity index (χ1v) is 8.51. The maximum Gasteiger partial charge on any atom is 0.119 e. The van der Waals surface area contributed by atoms with Crippen LogP contribution < -0.4 is 10.1 Å². The van der Waals surface area contributed by atoms with E-state index < -0.39 is 0 Å². The first-order valence-electron chi connectivity index (χ1n) is 8.51. The molecule has 2 nitrogen and oxygen atoms in total. The van der Waals surface area contributed by atoms with Crippen LogP contribution in [0.4, 0.5) is 0 Å². The van der Waals surface area contributed by atoms with Gasteiger partial charge in [-0.1, -0.05) is 46.1 Å². The molecule has 2 heteroatoms. The Morgan fingerprint density at radius 3 is 2.52 bits per heavy atom. The Labute approximate surface area is 131 Å². The number of hydrogen-bond acceptors (Lipinski definition) is 2. The molecule has 21 heavy (non-hydrogen) atoms. The zero-order valence-electron chi connectivity index (χ0n) is 14.5. The van der Waals surface area contributed by atoms with E-state index in [0.29, 0.717) is 12.0 Å². The normalized spacial score (nSPS) is 12.7. The van der Waals surface area contributed by atoms with Gasteiger partial charge in [0.1, 0.15) is 12.4 Å². The monoisotopic (exact) mass is 291 g/mol. The zero-order valence-corrected chi connectivity index (χ0v) is 14.5. The summed E-state index contributed by atoms with van der Waals surface area (Å²) in [6.07, 6.45) is 5.21. The van der Waals surface area contributed by atoms with Crippen LogP contribution in [0, 0.1) is 6.92 Å². The van der Waals surface area contributed by atoms with E-state index in [4.69, 9.17) is 4.74 Å². The van der Waals surface area contributed by atoms with Crippen LogP contribution in [0.2, 0.25) is 0 Å². The van der Waals surface area contributed by atoms with Gasteiger partial charge in [0.05, 0.1) is 0 Å². The molecule has 0 amide bonds. The Morgan fingerprint density at radius 2 is 1.90 bits per heavy atom. The minimum Gasteiger partial charge on any atom is -0.492 e. The molecular weight excluding hydrogens is 258 g/mol. The lowest BCUT2D eigenvalue weighted by Gasteiger charge is -2.15. The van der Waals surface area contributed by atoms with E-state index in [1.807, 2.05) is 0 Å². The molecule has 1 aromatic rings. The van der Waals surface area contributed by atoms with Crippen LogP contribution in [0.3, 0.4) is 0 Å². The molecule has 1 N–H and O–H groups in total. The molecule has 0 aliphatic rings. The van der Waals surface area contributed by atoms with Crippen molar-refractivity contribution in [3.8, 4) is 5.75 Å². The molecule has 1 unspecified atom stereocenters. The van der Waals surface area contributed by atoms with Crippen LogP contribution in [-0.2, 0) is 0 Å². The highest BCUT2D eigenvalue weighted by atomic mass is 16.5. The Kier molecular flexibility index (Phi) is 8.44. The van der Waals surface area contributed by atoms with E-state index in [1.54, 1.807) is 0 Å². The predicted octanol–water partition coefficient (Wildman–Crippen LogP) is 5.06. The summed E-state index contributed by atoms with van der Waals surface area (Å²) in [4.78, 5) is 0. The molecular formula is C19H33NO. The quantitative estimate of drug-likeness (QED) is 0.609. The summed E-state index contributed by atoms with van der Waals surface area (Å²) >= 11 is 0. The first kappa shape index (κ1) is 18.0. The molecule has 120 valence electrons. The van der Waals surface area contributed by atoms with Gasteiger partial charge >= 0.3 is 0 Å². The largest absolute Gasteiger partial charge is 0.492 e. The summed E-state index contributed by atoms with van der Waals surface area (Å²) in [5.74, 6) is 1.56. The van der Waals surface area contributed by atoms with Crippen LogP contribution in [0.15, 0.2) is 18.2 Å². The van der Waals surface area contributed by atoms with Gasteiger partial charge in [-0.2, -0.15) is 0 Å². The number of nitrogens with one attached hydrogen (secondary N) is 1. The van der Waals surface area contributed by atoms with E-state index in [9.17, 15) is 0 Å². The number of aryl methyl sites for hydroxylation is 1. The molecule has 0 saturated heterocycles. The molecule has 0 aromatic heterocycles. The third kappa shape index (κ3) is 6.99. The SMILES string of the molecule is CCCCCC(C)NCCOc1ccc(C(C)C)c(C)c1. The van der Waals surface area contributed by atoms with E-state index >= 15 is 0 Å². The van der Waals surface area contributed by atoms with Crippen molar-refractivity contribution in [2.75, 3.05) is 13.2 Å². The molecule has 0 bridgehead atoms. The zero-order chi connectivity index (χ0) is 15.7. The topological polar surface area (TPSA) is 21.3 Å². The van der Waals surface area contributed by atoms with Crippen molar-refractivity contribution >= 4 is 0 Å². The van der Waals surface area contributed by atoms with Gasteiger partial charge in [-0.3, -0.25) is 0 Å². The first-order chi connectivity index (χ1) is 10.0. The van der Waals surface area contributed by atoms with Crippen molar-refractivity contribution < 1.29 is 4.74 Å². The van der Waals surface area contributed by atoms with Crippen LogP contribution in [0.25, 0.3) is 0 Å². The molecule has 0 aliphatic heterocycles. The van der Waals surface area contributed by atoms with Crippen molar-refractivity contribution in [2.45, 2.75) is 72.3 Å². The summed E-state index contributed by atoms with van der Waals surface area (Å²) in [7, 11) is 0. The Hall–Kier alpha value is -1.02. The fourth-order valence-corrected chi connectivity index (χ4v) is 2.66. The van der Waals surface area contributed by atoms with Gasteiger partial charge in [-0.25, -0.2) is 0 Å². The van der Waals surface area contributed by atoms with Gasteiger partial charge in [-0.05, 0) is 49.4 Å². The molecule has 0 heterocycles. The molecule has 0 saturated carbocycles. The third-order valence-corrected chi connectivity index (χ3v) is 3.97. The summed E-state index contributed by atoms with van der Waals surface area (Å²) in [6, 6.07) is 7.02. The van der Waals surface area contributed by atoms with Crippen LogP contribution in [0.1, 0.15) is 70.4 Å². The molecule has 1 rings (SSSR count). The van der Waals surface area contributed by atoms with Crippen LogP contribution >= 0.6 is 0 Å². The van der Waals surface area contributed by atoms with Gasteiger partial charge in [0.25, 0.3) is 0 Å². The van der Waals surface area contributed by atoms with Gasteiger partial charge in [0.2, 0.25) is 0 Å². The summed E-state index contributed by atoms with van der Waals surface area (Å²) < 4.78 is 5.84. The fourth-order valence-electron chi connectivity index (χ4n) is 2.66. The lowest BCUT2D eigenvalue weighted by molar-refractivity contribution is 0.304. The number of unbranched alkanes of at least 4 members (excludes halogenated alkanes) is 2. The fraction of sp³-hybridized carbons (Fsp3) is 0.684. The maximum atomic E-state index is 5.84. The number of ether oxygens (including phenoxy) is 1. The molecule has 0 fully saturated rings. The minimum absolute atomic E-state index is 0.574. The molecule has 1 atom stereocenters. The van der Waals surface area contributed by atoms with E-state index in [0.717, 1.165) is 18.9 Å². The van der Waals surface area contributed by atoms with Crippen molar-refractivity contribution in [1.82, 2.24) is 5.32 Å². The van der Waals surface area contributed by atoms with Crippen molar-refractivity contribution in [2.24, 2.45) is 0 Å². The lowest BCUT2D eigenvalue weighted by Crippen LogP contribution is -2.30. The van der Waals surface area contributed by atoms with E-state index in [-0.39, 0.29) is 0 Å². The van der Waals surface area contributed by atoms with Crippen molar-refractivity contribution in [3.05, 3.63) is 29.3 Å². The molecule has 0 radical (unpaired) electrons. The summed E-state index contributed by atoms with van der Waals surface area (Å²) in [6.45, 7) is 12.8. The van der Waals surface area contributed by atoms with Gasteiger partial charge < -0.3 is 10.1 Å². The predicted molar refractivity (Wildman–Crippen MR) is 92.4 cm³/mol. The summed E-state index contributed by atoms with van der Waals surface area (Å²) in [5, 5.41) is 3.53. The van der Waals surface area contributed by atoms with E-state index in [1.165, 1.54) is 36.8 Å². The molecule has 1 aromatic carbocycles. The second-order valence-corrected chi connectivity index (χ2v) is 6.37. The minimum atomic E-state index is 0.574. The Balaban J connectivity index is 2.25. The van der Waals surface area contributed by atoms with Crippen LogP contribution in [-0.4, -0.2) is 19.2 Å². The average molecular weight is 291 g/mol. The highest BCUT2D eigenvalue weighted by molar-refractivity contribution is 5.36. The summed E-state index contributed by atoms with van der Waals surface area (Å²) in [5.41, 5.74) is 2.73. The van der Waals surface area contributed by atoms with Gasteiger partial charge in [0, 0.05) is 12.6 Å². The second kappa shape index (κ2) is 9.83. The van der Waals surface area contributed by atoms with Crippen molar-refractivity contribution in [1.29, 1.82) is 0 Å². The molecule has 0 aliphatic carbocycles. The molecule has 0 spiro atoms. The number of hydrogen-bond donors (Lipinski definition) is 1. The highest BCUT2D eigenvalue weighted by Crippen LogP contribution is 2.23. The number of benzene rings is 1. The highest BCUT2D eigenvalue weighted by Gasteiger charge is 2.05. The smallest absolute Gasteiger partial charge is 0.119 e. The third-order valence-electron chi connectivity index (χ3n) is 3.97. The Morgan fingerprint density at radius 1 is 1.14 bits per heavy atom.